The molecule has 13 heavy (non-hydrogen) atoms. The number of halogens is 3. The van der Waals surface area contributed by atoms with Crippen molar-refractivity contribution in [2.45, 2.75) is 19.5 Å². The predicted octanol–water partition coefficient (Wildman–Crippen LogP) is 1.34. The van der Waals surface area contributed by atoms with Crippen LogP contribution in [0.5, 0.6) is 0 Å². The molecule has 0 aromatic rings. The van der Waals surface area contributed by atoms with E-state index >= 15 is 0 Å². The fourth-order valence-corrected chi connectivity index (χ4v) is 0.529. The molecule has 0 unspecified atom stereocenters. The average molecular weight is 197 g/mol. The molecule has 6 heteroatoms. The third-order valence-corrected chi connectivity index (χ3v) is 1.12. The topological polar surface area (TPSA) is 52.3 Å². The first kappa shape index (κ1) is 11.8. The summed E-state index contributed by atoms with van der Waals surface area (Å²) in [5, 5.41) is 0. The monoisotopic (exact) mass is 197 g/mol. The molecule has 0 radical (unpaired) electrons. The molecule has 0 aromatic heterocycles. The second-order valence-electron chi connectivity index (χ2n) is 2.17. The molecule has 0 heterocycles. The summed E-state index contributed by atoms with van der Waals surface area (Å²) >= 11 is 0. The number of hydrogen-bond acceptors (Lipinski definition) is 3. The van der Waals surface area contributed by atoms with Gasteiger partial charge in [0.25, 0.3) is 0 Å². The van der Waals surface area contributed by atoms with Crippen molar-refractivity contribution >= 4 is 5.97 Å². The van der Waals surface area contributed by atoms with Crippen LogP contribution in [0.25, 0.3) is 0 Å². The van der Waals surface area contributed by atoms with Crippen LogP contribution >= 0.6 is 0 Å². The zero-order valence-electron chi connectivity index (χ0n) is 7.02. The van der Waals surface area contributed by atoms with Crippen molar-refractivity contribution in [3.8, 4) is 0 Å². The Morgan fingerprint density at radius 2 is 2.08 bits per heavy atom. The van der Waals surface area contributed by atoms with Crippen LogP contribution in [0.15, 0.2) is 11.8 Å². The number of ether oxygens (including phenoxy) is 1. The SMILES string of the molecule is CCOC(=O)CC=C(N)C(F)(F)F. The highest BCUT2D eigenvalue weighted by atomic mass is 19.4. The van der Waals surface area contributed by atoms with E-state index in [-0.39, 0.29) is 6.61 Å². The fraction of sp³-hybridized carbons (Fsp3) is 0.571. The first-order chi connectivity index (χ1) is 5.88. The first-order valence-electron chi connectivity index (χ1n) is 3.56. The van der Waals surface area contributed by atoms with E-state index in [0.717, 1.165) is 0 Å². The smallest absolute Gasteiger partial charge is 0.430 e. The van der Waals surface area contributed by atoms with Crippen LogP contribution < -0.4 is 5.73 Å². The molecule has 0 aliphatic carbocycles. The highest BCUT2D eigenvalue weighted by Gasteiger charge is 2.31. The molecule has 0 fully saturated rings. The minimum atomic E-state index is -4.58. The number of carbonyl (C=O) groups is 1. The molecule has 0 spiro atoms. The Balaban J connectivity index is 4.05. The van der Waals surface area contributed by atoms with Crippen LogP contribution in [-0.2, 0) is 9.53 Å². The molecule has 0 saturated carbocycles. The third kappa shape index (κ3) is 5.10. The zero-order valence-corrected chi connectivity index (χ0v) is 7.02. The Bertz CT molecular complexity index is 210. The van der Waals surface area contributed by atoms with Crippen LogP contribution in [0.2, 0.25) is 0 Å². The lowest BCUT2D eigenvalue weighted by Crippen LogP contribution is -2.19. The van der Waals surface area contributed by atoms with Crippen LogP contribution in [-0.4, -0.2) is 18.8 Å². The van der Waals surface area contributed by atoms with Crippen LogP contribution in [0.3, 0.4) is 0 Å². The molecule has 0 amide bonds. The van der Waals surface area contributed by atoms with E-state index in [2.05, 4.69) is 10.5 Å². The number of rotatable bonds is 3. The molecule has 0 saturated heterocycles. The normalized spacial score (nSPS) is 12.8. The summed E-state index contributed by atoms with van der Waals surface area (Å²) in [7, 11) is 0. The number of esters is 1. The molecule has 76 valence electrons. The van der Waals surface area contributed by atoms with Gasteiger partial charge >= 0.3 is 12.1 Å². The average Bonchev–Trinajstić information content (AvgIpc) is 1.99. The van der Waals surface area contributed by atoms with Gasteiger partial charge in [-0.25, -0.2) is 0 Å². The van der Waals surface area contributed by atoms with Gasteiger partial charge in [-0.15, -0.1) is 0 Å². The van der Waals surface area contributed by atoms with E-state index in [9.17, 15) is 18.0 Å². The molecule has 0 rings (SSSR count). The molecule has 0 aliphatic rings. The maximum absolute atomic E-state index is 11.7. The van der Waals surface area contributed by atoms with Crippen molar-refractivity contribution in [3.63, 3.8) is 0 Å². The Labute approximate surface area is 73.4 Å². The van der Waals surface area contributed by atoms with Crippen molar-refractivity contribution < 1.29 is 22.7 Å². The van der Waals surface area contributed by atoms with Crippen LogP contribution in [0, 0.1) is 0 Å². The second kappa shape index (κ2) is 4.74. The summed E-state index contributed by atoms with van der Waals surface area (Å²) in [6.07, 6.45) is -4.44. The van der Waals surface area contributed by atoms with Crippen molar-refractivity contribution in [1.82, 2.24) is 0 Å². The molecule has 0 atom stereocenters. The Morgan fingerprint density at radius 1 is 1.54 bits per heavy atom. The predicted molar refractivity (Wildman–Crippen MR) is 39.6 cm³/mol. The quantitative estimate of drug-likeness (QED) is 0.694. The number of allylic oxidation sites excluding steroid dienone is 1. The standard InChI is InChI=1S/C7H10F3NO2/c1-2-13-6(12)4-3-5(11)7(8,9)10/h3H,2,4,11H2,1H3. The zero-order chi connectivity index (χ0) is 10.5. The molecular weight excluding hydrogens is 187 g/mol. The van der Waals surface area contributed by atoms with Gasteiger partial charge in [-0.3, -0.25) is 4.79 Å². The van der Waals surface area contributed by atoms with Gasteiger partial charge in [0.15, 0.2) is 0 Å². The summed E-state index contributed by atoms with van der Waals surface area (Å²) < 4.78 is 39.6. The van der Waals surface area contributed by atoms with E-state index in [0.29, 0.717) is 6.08 Å². The Kier molecular flexibility index (Phi) is 4.30. The van der Waals surface area contributed by atoms with Crippen LogP contribution in [0.4, 0.5) is 13.2 Å². The van der Waals surface area contributed by atoms with E-state index in [1.165, 1.54) is 0 Å². The van der Waals surface area contributed by atoms with Crippen molar-refractivity contribution in [3.05, 3.63) is 11.8 Å². The van der Waals surface area contributed by atoms with Gasteiger partial charge in [-0.1, -0.05) is 0 Å². The lowest BCUT2D eigenvalue weighted by Gasteiger charge is -2.05. The lowest BCUT2D eigenvalue weighted by atomic mass is 10.3. The van der Waals surface area contributed by atoms with Gasteiger partial charge in [0, 0.05) is 0 Å². The van der Waals surface area contributed by atoms with E-state index < -0.39 is 24.3 Å². The Morgan fingerprint density at radius 3 is 2.46 bits per heavy atom. The lowest BCUT2D eigenvalue weighted by molar-refractivity contribution is -0.142. The van der Waals surface area contributed by atoms with Gasteiger partial charge in [-0.05, 0) is 13.0 Å². The van der Waals surface area contributed by atoms with Gasteiger partial charge in [0.1, 0.15) is 5.70 Å². The number of carbonyl (C=O) groups excluding carboxylic acids is 1. The minimum Gasteiger partial charge on any atom is -0.466 e. The van der Waals surface area contributed by atoms with Gasteiger partial charge in [0.05, 0.1) is 13.0 Å². The molecule has 0 aromatic carbocycles. The van der Waals surface area contributed by atoms with Gasteiger partial charge < -0.3 is 10.5 Å². The number of nitrogens with two attached hydrogens (primary N) is 1. The maximum atomic E-state index is 11.7. The van der Waals surface area contributed by atoms with E-state index in [4.69, 9.17) is 0 Å². The third-order valence-electron chi connectivity index (χ3n) is 1.12. The highest BCUT2D eigenvalue weighted by molar-refractivity contribution is 5.71. The van der Waals surface area contributed by atoms with Gasteiger partial charge in [0.2, 0.25) is 0 Å². The number of alkyl halides is 3. The fourth-order valence-electron chi connectivity index (χ4n) is 0.529. The molecule has 3 nitrogen and oxygen atoms in total. The second-order valence-corrected chi connectivity index (χ2v) is 2.17. The summed E-state index contributed by atoms with van der Waals surface area (Å²) in [6.45, 7) is 1.70. The Hall–Kier alpha value is -1.20. The van der Waals surface area contributed by atoms with E-state index in [1.807, 2.05) is 0 Å². The minimum absolute atomic E-state index is 0.137. The van der Waals surface area contributed by atoms with Crippen molar-refractivity contribution in [1.29, 1.82) is 0 Å². The largest absolute Gasteiger partial charge is 0.466 e. The summed E-state index contributed by atoms with van der Waals surface area (Å²) in [6, 6.07) is 0. The molecule has 2 N–H and O–H groups in total. The summed E-state index contributed by atoms with van der Waals surface area (Å²) in [4.78, 5) is 10.6. The van der Waals surface area contributed by atoms with E-state index in [1.54, 1.807) is 6.92 Å². The molecular formula is C7H10F3NO2. The summed E-state index contributed by atoms with van der Waals surface area (Å²) in [5.41, 5.74) is 3.35. The molecule has 0 aliphatic heterocycles. The van der Waals surface area contributed by atoms with Crippen LogP contribution in [0.1, 0.15) is 13.3 Å². The maximum Gasteiger partial charge on any atom is 0.430 e. The molecule has 0 bridgehead atoms. The van der Waals surface area contributed by atoms with Crippen molar-refractivity contribution in [2.75, 3.05) is 6.61 Å². The first-order valence-corrected chi connectivity index (χ1v) is 3.56. The van der Waals surface area contributed by atoms with Crippen molar-refractivity contribution in [2.24, 2.45) is 5.73 Å². The number of hydrogen-bond donors (Lipinski definition) is 1. The van der Waals surface area contributed by atoms with Gasteiger partial charge in [-0.2, -0.15) is 13.2 Å². The summed E-state index contributed by atoms with van der Waals surface area (Å²) in [5.74, 6) is -0.727. The highest BCUT2D eigenvalue weighted by Crippen LogP contribution is 2.21.